The minimum Gasteiger partial charge on any atom is -0.490 e. The van der Waals surface area contributed by atoms with Crippen molar-refractivity contribution in [3.05, 3.63) is 27.8 Å². The van der Waals surface area contributed by atoms with Crippen molar-refractivity contribution in [1.29, 1.82) is 0 Å². The maximum Gasteiger partial charge on any atom is 0.315 e. The normalized spacial score (nSPS) is 10.6. The Hall–Kier alpha value is -2.31. The lowest BCUT2D eigenvalue weighted by Gasteiger charge is -2.12. The summed E-state index contributed by atoms with van der Waals surface area (Å²) in [6, 6.07) is 3.09. The molecule has 1 rings (SSSR count). The summed E-state index contributed by atoms with van der Waals surface area (Å²) in [5.74, 6) is 0.505. The summed E-state index contributed by atoms with van der Waals surface area (Å²) in [4.78, 5) is 10.7. The van der Waals surface area contributed by atoms with E-state index in [1.807, 2.05) is 6.92 Å². The number of hydrazone groups is 1. The lowest BCUT2D eigenvalue weighted by atomic mass is 10.2. The van der Waals surface area contributed by atoms with Crippen LogP contribution in [-0.4, -0.2) is 43.5 Å². The fraction of sp³-hybridized carbons (Fsp3) is 0.462. The van der Waals surface area contributed by atoms with Gasteiger partial charge in [0.25, 0.3) is 0 Å². The molecule has 0 fully saturated rings. The minimum absolute atomic E-state index is 0.127. The fourth-order valence-electron chi connectivity index (χ4n) is 1.55. The second-order valence-electron chi connectivity index (χ2n) is 4.08. The molecule has 0 amide bonds. The van der Waals surface area contributed by atoms with Gasteiger partial charge in [-0.2, -0.15) is 5.10 Å². The monoisotopic (exact) mass is 281 g/mol. The van der Waals surface area contributed by atoms with E-state index in [1.54, 1.807) is 32.1 Å². The molecule has 0 unspecified atom stereocenters. The van der Waals surface area contributed by atoms with Crippen LogP contribution in [-0.2, 0) is 0 Å². The van der Waals surface area contributed by atoms with E-state index in [4.69, 9.17) is 9.47 Å². The molecule has 0 atom stereocenters. The number of benzene rings is 1. The van der Waals surface area contributed by atoms with E-state index in [0.717, 1.165) is 0 Å². The zero-order valence-electron chi connectivity index (χ0n) is 12.1. The van der Waals surface area contributed by atoms with Crippen LogP contribution >= 0.6 is 0 Å². The molecule has 0 bridgehead atoms. The third-order valence-corrected chi connectivity index (χ3v) is 2.28. The Kier molecular flexibility index (Phi) is 5.76. The van der Waals surface area contributed by atoms with Gasteiger partial charge in [-0.25, -0.2) is 0 Å². The molecule has 20 heavy (non-hydrogen) atoms. The highest BCUT2D eigenvalue weighted by molar-refractivity contribution is 5.83. The van der Waals surface area contributed by atoms with E-state index in [9.17, 15) is 10.1 Å². The molecule has 1 aromatic rings. The van der Waals surface area contributed by atoms with Gasteiger partial charge in [0.05, 0.1) is 24.4 Å². The summed E-state index contributed by atoms with van der Waals surface area (Å²) < 4.78 is 10.8. The first-order valence-electron chi connectivity index (χ1n) is 6.28. The predicted octanol–water partition coefficient (Wildman–Crippen LogP) is 2.29. The van der Waals surface area contributed by atoms with E-state index in [0.29, 0.717) is 24.5 Å². The number of hydrogen-bond donors (Lipinski definition) is 0. The van der Waals surface area contributed by atoms with Gasteiger partial charge < -0.3 is 14.5 Å². The molecular weight excluding hydrogens is 262 g/mol. The Balaban J connectivity index is 3.33. The first-order chi connectivity index (χ1) is 9.49. The topological polar surface area (TPSA) is 77.2 Å². The van der Waals surface area contributed by atoms with Crippen LogP contribution < -0.4 is 9.47 Å². The number of nitro groups is 1. The molecule has 0 aliphatic heterocycles. The molecule has 0 aromatic heterocycles. The molecule has 0 spiro atoms. The van der Waals surface area contributed by atoms with E-state index in [1.165, 1.54) is 12.3 Å². The lowest BCUT2D eigenvalue weighted by molar-refractivity contribution is -0.385. The van der Waals surface area contributed by atoms with Gasteiger partial charge in [0.1, 0.15) is 0 Å². The summed E-state index contributed by atoms with van der Waals surface area (Å²) in [5.41, 5.74) is 0.454. The van der Waals surface area contributed by atoms with Gasteiger partial charge in [-0.1, -0.05) is 0 Å². The van der Waals surface area contributed by atoms with Crippen LogP contribution in [0.1, 0.15) is 19.4 Å². The van der Waals surface area contributed by atoms with Crippen LogP contribution in [0.15, 0.2) is 17.2 Å². The largest absolute Gasteiger partial charge is 0.490 e. The Bertz CT molecular complexity index is 501. The molecular formula is C13H19N3O4. The second-order valence-corrected chi connectivity index (χ2v) is 4.08. The van der Waals surface area contributed by atoms with Gasteiger partial charge in [-0.3, -0.25) is 10.1 Å². The van der Waals surface area contributed by atoms with Crippen LogP contribution in [0.3, 0.4) is 0 Å². The van der Waals surface area contributed by atoms with Crippen molar-refractivity contribution in [1.82, 2.24) is 5.01 Å². The first kappa shape index (κ1) is 15.7. The summed E-state index contributed by atoms with van der Waals surface area (Å²) in [6.07, 6.45) is 1.53. The molecule has 110 valence electrons. The highest BCUT2D eigenvalue weighted by atomic mass is 16.6. The number of rotatable bonds is 7. The third-order valence-electron chi connectivity index (χ3n) is 2.28. The highest BCUT2D eigenvalue weighted by Crippen LogP contribution is 2.38. The van der Waals surface area contributed by atoms with Crippen molar-refractivity contribution in [3.63, 3.8) is 0 Å². The third kappa shape index (κ3) is 4.11. The van der Waals surface area contributed by atoms with Crippen LogP contribution in [0, 0.1) is 10.1 Å². The number of hydrogen-bond acceptors (Lipinski definition) is 6. The van der Waals surface area contributed by atoms with Crippen molar-refractivity contribution in [3.8, 4) is 11.5 Å². The Morgan fingerprint density at radius 3 is 2.45 bits per heavy atom. The zero-order chi connectivity index (χ0) is 15.1. The molecule has 0 aliphatic carbocycles. The molecule has 1 aromatic carbocycles. The van der Waals surface area contributed by atoms with Gasteiger partial charge in [-0.05, 0) is 19.9 Å². The summed E-state index contributed by atoms with van der Waals surface area (Å²) in [5, 5.41) is 16.8. The van der Waals surface area contributed by atoms with E-state index in [-0.39, 0.29) is 11.4 Å². The Morgan fingerprint density at radius 2 is 1.95 bits per heavy atom. The Labute approximate surface area is 117 Å². The standard InChI is InChI=1S/C13H19N3O4/c1-5-19-12-8-10(9-14-15(3)4)7-11(16(17)18)13(12)20-6-2/h7-9H,5-6H2,1-4H3/b14-9+. The second kappa shape index (κ2) is 7.32. The van der Waals surface area contributed by atoms with Gasteiger partial charge in [0.2, 0.25) is 5.75 Å². The molecule has 0 saturated heterocycles. The van der Waals surface area contributed by atoms with Gasteiger partial charge in [0, 0.05) is 25.7 Å². The fourth-order valence-corrected chi connectivity index (χ4v) is 1.55. The highest BCUT2D eigenvalue weighted by Gasteiger charge is 2.22. The van der Waals surface area contributed by atoms with Crippen molar-refractivity contribution in [2.45, 2.75) is 13.8 Å². The van der Waals surface area contributed by atoms with Gasteiger partial charge in [-0.15, -0.1) is 0 Å². The predicted molar refractivity (Wildman–Crippen MR) is 76.7 cm³/mol. The van der Waals surface area contributed by atoms with Gasteiger partial charge in [0.15, 0.2) is 5.75 Å². The summed E-state index contributed by atoms with van der Waals surface area (Å²) >= 11 is 0. The van der Waals surface area contributed by atoms with Crippen molar-refractivity contribution in [2.75, 3.05) is 27.3 Å². The molecule has 0 saturated carbocycles. The minimum atomic E-state index is -0.486. The molecule has 7 nitrogen and oxygen atoms in total. The molecule has 0 aliphatic rings. The van der Waals surface area contributed by atoms with Crippen molar-refractivity contribution >= 4 is 11.9 Å². The average Bonchev–Trinajstić information content (AvgIpc) is 2.38. The van der Waals surface area contributed by atoms with Crippen LogP contribution in [0.4, 0.5) is 5.69 Å². The maximum atomic E-state index is 11.2. The van der Waals surface area contributed by atoms with Gasteiger partial charge >= 0.3 is 5.69 Å². The lowest BCUT2D eigenvalue weighted by Crippen LogP contribution is -2.05. The summed E-state index contributed by atoms with van der Waals surface area (Å²) in [6.45, 7) is 4.29. The number of nitrogens with zero attached hydrogens (tertiary/aromatic N) is 3. The van der Waals surface area contributed by atoms with Crippen molar-refractivity contribution < 1.29 is 14.4 Å². The quantitative estimate of drug-likeness (QED) is 0.435. The number of nitro benzene ring substituents is 1. The first-order valence-corrected chi connectivity index (χ1v) is 6.28. The molecule has 7 heteroatoms. The Morgan fingerprint density at radius 1 is 1.30 bits per heavy atom. The molecule has 0 heterocycles. The van der Waals surface area contributed by atoms with Crippen LogP contribution in [0.25, 0.3) is 0 Å². The van der Waals surface area contributed by atoms with E-state index in [2.05, 4.69) is 5.10 Å². The number of ether oxygens (including phenoxy) is 2. The summed E-state index contributed by atoms with van der Waals surface area (Å²) in [7, 11) is 3.53. The smallest absolute Gasteiger partial charge is 0.315 e. The zero-order valence-corrected chi connectivity index (χ0v) is 12.1. The molecule has 0 N–H and O–H groups in total. The van der Waals surface area contributed by atoms with E-state index >= 15 is 0 Å². The average molecular weight is 281 g/mol. The van der Waals surface area contributed by atoms with E-state index < -0.39 is 4.92 Å². The maximum absolute atomic E-state index is 11.2. The van der Waals surface area contributed by atoms with Crippen LogP contribution in [0.5, 0.6) is 11.5 Å². The van der Waals surface area contributed by atoms with Crippen LogP contribution in [0.2, 0.25) is 0 Å². The van der Waals surface area contributed by atoms with Crippen molar-refractivity contribution in [2.24, 2.45) is 5.10 Å². The SMILES string of the molecule is CCOc1cc(/C=N/N(C)C)cc([N+](=O)[O-])c1OCC. The molecule has 0 radical (unpaired) electrons.